The maximum Gasteiger partial charge on any atom is 0.0555 e. The Morgan fingerprint density at radius 2 is 0.911 bits per heavy atom. The SMILES string of the molecule is c1ccc(-c2ccc(N(c3ccccc3-c3ccc(-c4cc5ccccc5c5ccccc45)cc3)c3cccc4sc5c6ccccc6ccc5c34)cc2)cc1. The van der Waals surface area contributed by atoms with Crippen LogP contribution >= 0.6 is 11.3 Å². The first-order valence-corrected chi connectivity index (χ1v) is 20.0. The first kappa shape index (κ1) is 32.4. The molecule has 0 spiro atoms. The Kier molecular flexibility index (Phi) is 7.75. The Bertz CT molecular complexity index is 3230. The van der Waals surface area contributed by atoms with Crippen LogP contribution in [0.1, 0.15) is 0 Å². The second kappa shape index (κ2) is 13.4. The van der Waals surface area contributed by atoms with E-state index in [1.165, 1.54) is 91.6 Å². The maximum absolute atomic E-state index is 2.47. The van der Waals surface area contributed by atoms with E-state index in [2.05, 4.69) is 217 Å². The maximum atomic E-state index is 2.47. The van der Waals surface area contributed by atoms with Crippen LogP contribution in [0.25, 0.3) is 85.9 Å². The molecule has 11 rings (SSSR count). The van der Waals surface area contributed by atoms with Crippen LogP contribution < -0.4 is 4.90 Å². The molecular formula is C54H35NS. The molecule has 0 aliphatic heterocycles. The van der Waals surface area contributed by atoms with Gasteiger partial charge in [0.1, 0.15) is 0 Å². The molecular weight excluding hydrogens is 695 g/mol. The molecule has 0 amide bonds. The van der Waals surface area contributed by atoms with Gasteiger partial charge >= 0.3 is 0 Å². The molecule has 0 unspecified atom stereocenters. The van der Waals surface area contributed by atoms with Crippen molar-refractivity contribution < 1.29 is 0 Å². The molecule has 262 valence electrons. The number of benzene rings is 10. The standard InChI is InChI=1S/C54H35NS/c1-2-13-36(14-3-1)37-29-32-42(33-30-37)55(51-23-12-24-52-53(51)48-34-31-38-15-4-7-19-45(38)54(48)56-52)50-22-11-10-18-44(50)39-25-27-40(28-26-39)49-35-41-16-5-6-17-43(41)46-20-8-9-21-47(46)49/h1-35H. The minimum absolute atomic E-state index is 1.11. The normalized spacial score (nSPS) is 11.6. The number of nitrogens with zero attached hydrogens (tertiary/aromatic N) is 1. The molecule has 1 heterocycles. The molecule has 11 aromatic rings. The van der Waals surface area contributed by atoms with Crippen LogP contribution in [-0.4, -0.2) is 0 Å². The first-order valence-electron chi connectivity index (χ1n) is 19.2. The van der Waals surface area contributed by atoms with Crippen molar-refractivity contribution in [3.05, 3.63) is 212 Å². The zero-order valence-corrected chi connectivity index (χ0v) is 31.4. The molecule has 0 aliphatic carbocycles. The van der Waals surface area contributed by atoms with Gasteiger partial charge in [0.05, 0.1) is 11.4 Å². The summed E-state index contributed by atoms with van der Waals surface area (Å²) in [7, 11) is 0. The van der Waals surface area contributed by atoms with Gasteiger partial charge in [0.15, 0.2) is 0 Å². The highest BCUT2D eigenvalue weighted by Crippen LogP contribution is 2.49. The molecule has 0 fully saturated rings. The molecule has 0 atom stereocenters. The van der Waals surface area contributed by atoms with E-state index in [1.807, 2.05) is 11.3 Å². The highest BCUT2D eigenvalue weighted by atomic mass is 32.1. The largest absolute Gasteiger partial charge is 0.309 e. The lowest BCUT2D eigenvalue weighted by Crippen LogP contribution is -2.11. The smallest absolute Gasteiger partial charge is 0.0555 e. The molecule has 0 radical (unpaired) electrons. The van der Waals surface area contributed by atoms with E-state index in [9.17, 15) is 0 Å². The molecule has 10 aromatic carbocycles. The number of hydrogen-bond donors (Lipinski definition) is 0. The van der Waals surface area contributed by atoms with Crippen LogP contribution in [0.5, 0.6) is 0 Å². The molecule has 1 nitrogen and oxygen atoms in total. The van der Waals surface area contributed by atoms with Crippen LogP contribution in [-0.2, 0) is 0 Å². The Morgan fingerprint density at radius 1 is 0.321 bits per heavy atom. The van der Waals surface area contributed by atoms with Gasteiger partial charge in [0, 0.05) is 31.4 Å². The molecule has 0 aliphatic rings. The van der Waals surface area contributed by atoms with Crippen molar-refractivity contribution in [3.8, 4) is 33.4 Å². The number of hydrogen-bond acceptors (Lipinski definition) is 2. The van der Waals surface area contributed by atoms with Gasteiger partial charge in [-0.05, 0) is 96.5 Å². The summed E-state index contributed by atoms with van der Waals surface area (Å²) in [5, 5.41) is 10.2. The zero-order chi connectivity index (χ0) is 37.0. The van der Waals surface area contributed by atoms with E-state index < -0.39 is 0 Å². The Morgan fingerprint density at radius 3 is 1.71 bits per heavy atom. The lowest BCUT2D eigenvalue weighted by atomic mass is 9.92. The van der Waals surface area contributed by atoms with E-state index in [0.29, 0.717) is 0 Å². The molecule has 1 aromatic heterocycles. The third-order valence-corrected chi connectivity index (χ3v) is 12.5. The fourth-order valence-corrected chi connectivity index (χ4v) is 9.86. The molecule has 2 heteroatoms. The molecule has 0 bridgehead atoms. The number of para-hydroxylation sites is 1. The Hall–Kier alpha value is -7.00. The monoisotopic (exact) mass is 729 g/mol. The molecule has 0 N–H and O–H groups in total. The second-order valence-corrected chi connectivity index (χ2v) is 15.5. The highest BCUT2D eigenvalue weighted by molar-refractivity contribution is 7.26. The van der Waals surface area contributed by atoms with Crippen LogP contribution in [0.4, 0.5) is 17.1 Å². The van der Waals surface area contributed by atoms with Gasteiger partial charge in [-0.25, -0.2) is 0 Å². The Labute approximate surface area is 330 Å². The summed E-state index contributed by atoms with van der Waals surface area (Å²) >= 11 is 1.89. The van der Waals surface area contributed by atoms with Gasteiger partial charge in [-0.2, -0.15) is 0 Å². The summed E-state index contributed by atoms with van der Waals surface area (Å²) < 4.78 is 2.61. The molecule has 56 heavy (non-hydrogen) atoms. The first-order chi connectivity index (χ1) is 27.8. The summed E-state index contributed by atoms with van der Waals surface area (Å²) in [4.78, 5) is 2.47. The Balaban J connectivity index is 1.09. The summed E-state index contributed by atoms with van der Waals surface area (Å²) in [5.74, 6) is 0. The fourth-order valence-electron chi connectivity index (χ4n) is 8.60. The van der Waals surface area contributed by atoms with Gasteiger partial charge in [-0.3, -0.25) is 0 Å². The zero-order valence-electron chi connectivity index (χ0n) is 30.6. The van der Waals surface area contributed by atoms with Crippen LogP contribution in [0.15, 0.2) is 212 Å². The van der Waals surface area contributed by atoms with Crippen LogP contribution in [0.2, 0.25) is 0 Å². The minimum Gasteiger partial charge on any atom is -0.309 e. The average Bonchev–Trinajstić information content (AvgIpc) is 3.67. The number of thiophene rings is 1. The molecule has 0 saturated carbocycles. The van der Waals surface area contributed by atoms with Crippen molar-refractivity contribution in [3.63, 3.8) is 0 Å². The van der Waals surface area contributed by atoms with Gasteiger partial charge < -0.3 is 4.90 Å². The fraction of sp³-hybridized carbons (Fsp3) is 0. The van der Waals surface area contributed by atoms with Crippen molar-refractivity contribution in [2.75, 3.05) is 4.90 Å². The third kappa shape index (κ3) is 5.38. The molecule has 0 saturated heterocycles. The van der Waals surface area contributed by atoms with Gasteiger partial charge in [0.2, 0.25) is 0 Å². The summed E-state index contributed by atoms with van der Waals surface area (Å²) in [6, 6.07) is 77.6. The summed E-state index contributed by atoms with van der Waals surface area (Å²) in [6.07, 6.45) is 0. The predicted octanol–water partition coefficient (Wildman–Crippen LogP) is 16.0. The van der Waals surface area contributed by atoms with E-state index >= 15 is 0 Å². The van der Waals surface area contributed by atoms with Crippen LogP contribution in [0, 0.1) is 0 Å². The van der Waals surface area contributed by atoms with E-state index in [-0.39, 0.29) is 0 Å². The van der Waals surface area contributed by atoms with E-state index in [4.69, 9.17) is 0 Å². The van der Waals surface area contributed by atoms with E-state index in [1.54, 1.807) is 0 Å². The predicted molar refractivity (Wildman–Crippen MR) is 243 cm³/mol. The topological polar surface area (TPSA) is 3.24 Å². The lowest BCUT2D eigenvalue weighted by molar-refractivity contribution is 1.30. The quantitative estimate of drug-likeness (QED) is 0.154. The van der Waals surface area contributed by atoms with Crippen molar-refractivity contribution >= 4 is 80.9 Å². The number of anilines is 3. The van der Waals surface area contributed by atoms with Crippen molar-refractivity contribution in [1.82, 2.24) is 0 Å². The number of fused-ring (bicyclic) bond motifs is 8. The van der Waals surface area contributed by atoms with Crippen molar-refractivity contribution in [2.24, 2.45) is 0 Å². The van der Waals surface area contributed by atoms with Gasteiger partial charge in [-0.1, -0.05) is 176 Å². The average molecular weight is 730 g/mol. The summed E-state index contributed by atoms with van der Waals surface area (Å²) in [6.45, 7) is 0. The van der Waals surface area contributed by atoms with Gasteiger partial charge in [-0.15, -0.1) is 11.3 Å². The minimum atomic E-state index is 1.11. The van der Waals surface area contributed by atoms with Crippen molar-refractivity contribution in [1.29, 1.82) is 0 Å². The van der Waals surface area contributed by atoms with Gasteiger partial charge in [0.25, 0.3) is 0 Å². The summed E-state index contributed by atoms with van der Waals surface area (Å²) in [5.41, 5.74) is 10.6. The third-order valence-electron chi connectivity index (χ3n) is 11.3. The van der Waals surface area contributed by atoms with Crippen molar-refractivity contribution in [2.45, 2.75) is 0 Å². The lowest BCUT2D eigenvalue weighted by Gasteiger charge is -2.29. The number of rotatable bonds is 6. The highest BCUT2D eigenvalue weighted by Gasteiger charge is 2.22. The van der Waals surface area contributed by atoms with E-state index in [0.717, 1.165) is 11.4 Å². The van der Waals surface area contributed by atoms with Crippen LogP contribution in [0.3, 0.4) is 0 Å². The second-order valence-electron chi connectivity index (χ2n) is 14.4.